The van der Waals surface area contributed by atoms with E-state index in [1.54, 1.807) is 6.20 Å². The summed E-state index contributed by atoms with van der Waals surface area (Å²) in [7, 11) is 0. The monoisotopic (exact) mass is 330 g/mol. The third-order valence-electron chi connectivity index (χ3n) is 4.20. The molecule has 7 nitrogen and oxygen atoms in total. The largest absolute Gasteiger partial charge is 0.441 e. The van der Waals surface area contributed by atoms with Gasteiger partial charge in [-0.25, -0.2) is 15.0 Å². The fraction of sp³-hybridized carbons (Fsp3) is 0.111. The highest BCUT2D eigenvalue weighted by molar-refractivity contribution is 5.80. The molecule has 1 aromatic carbocycles. The lowest BCUT2D eigenvalue weighted by Gasteiger charge is -2.06. The van der Waals surface area contributed by atoms with Crippen molar-refractivity contribution in [3.8, 4) is 16.9 Å². The van der Waals surface area contributed by atoms with Crippen LogP contribution in [0.15, 0.2) is 47.1 Å². The highest BCUT2D eigenvalue weighted by Gasteiger charge is 2.14. The second kappa shape index (κ2) is 5.01. The number of nitrogens with zero attached hydrogens (tertiary/aromatic N) is 5. The molecule has 0 saturated carbocycles. The standard InChI is InChI=1S/C18H14N6O/c1-10-21-15-5-4-14(12-8-19-20-9-12)23-18(15)24(10)13-3-6-17-16(7-13)22-11(2)25-17/h3-9H,1-2H3,(H,19,20). The average molecular weight is 330 g/mol. The van der Waals surface area contributed by atoms with Gasteiger partial charge in [0.25, 0.3) is 0 Å². The number of aromatic amines is 1. The minimum Gasteiger partial charge on any atom is -0.441 e. The normalized spacial score (nSPS) is 11.6. The molecule has 4 heterocycles. The molecule has 5 aromatic rings. The van der Waals surface area contributed by atoms with Gasteiger partial charge >= 0.3 is 0 Å². The molecule has 0 aliphatic heterocycles. The second-order valence-corrected chi connectivity index (χ2v) is 5.91. The predicted octanol–water partition coefficient (Wildman–Crippen LogP) is 3.57. The Morgan fingerprint density at radius 2 is 1.92 bits per heavy atom. The molecule has 1 N–H and O–H groups in total. The van der Waals surface area contributed by atoms with Crippen LogP contribution >= 0.6 is 0 Å². The van der Waals surface area contributed by atoms with E-state index in [-0.39, 0.29) is 0 Å². The van der Waals surface area contributed by atoms with E-state index in [1.807, 2.05) is 54.9 Å². The Bertz CT molecular complexity index is 1220. The van der Waals surface area contributed by atoms with E-state index in [0.29, 0.717) is 5.89 Å². The molecule has 0 aliphatic carbocycles. The van der Waals surface area contributed by atoms with E-state index < -0.39 is 0 Å². The first-order chi connectivity index (χ1) is 12.2. The Morgan fingerprint density at radius 1 is 1.00 bits per heavy atom. The zero-order chi connectivity index (χ0) is 17.0. The minimum absolute atomic E-state index is 0.653. The average Bonchev–Trinajstić information content (AvgIpc) is 3.30. The van der Waals surface area contributed by atoms with Gasteiger partial charge in [-0.3, -0.25) is 9.67 Å². The number of imidazole rings is 1. The first-order valence-electron chi connectivity index (χ1n) is 7.92. The molecule has 25 heavy (non-hydrogen) atoms. The fourth-order valence-corrected chi connectivity index (χ4v) is 3.10. The van der Waals surface area contributed by atoms with Crippen LogP contribution in [-0.4, -0.2) is 29.7 Å². The van der Waals surface area contributed by atoms with Gasteiger partial charge in [0.1, 0.15) is 16.9 Å². The van der Waals surface area contributed by atoms with Gasteiger partial charge in [0.15, 0.2) is 17.1 Å². The molecular weight excluding hydrogens is 316 g/mol. The summed E-state index contributed by atoms with van der Waals surface area (Å²) in [6.45, 7) is 3.81. The maximum Gasteiger partial charge on any atom is 0.192 e. The molecule has 0 atom stereocenters. The molecule has 122 valence electrons. The van der Waals surface area contributed by atoms with E-state index >= 15 is 0 Å². The van der Waals surface area contributed by atoms with Gasteiger partial charge in [-0.2, -0.15) is 5.10 Å². The lowest BCUT2D eigenvalue weighted by molar-refractivity contribution is 0.561. The van der Waals surface area contributed by atoms with Crippen molar-refractivity contribution >= 4 is 22.3 Å². The number of benzene rings is 1. The van der Waals surface area contributed by atoms with Crippen LogP contribution < -0.4 is 0 Å². The van der Waals surface area contributed by atoms with E-state index in [9.17, 15) is 0 Å². The summed E-state index contributed by atoms with van der Waals surface area (Å²) in [5, 5.41) is 6.81. The van der Waals surface area contributed by atoms with Gasteiger partial charge in [-0.1, -0.05) is 0 Å². The Balaban J connectivity index is 1.75. The molecule has 0 radical (unpaired) electrons. The third-order valence-corrected chi connectivity index (χ3v) is 4.20. The summed E-state index contributed by atoms with van der Waals surface area (Å²) in [5.74, 6) is 1.52. The van der Waals surface area contributed by atoms with Crippen LogP contribution in [0.1, 0.15) is 11.7 Å². The van der Waals surface area contributed by atoms with Crippen LogP contribution in [0.4, 0.5) is 0 Å². The molecule has 0 aliphatic rings. The Morgan fingerprint density at radius 3 is 2.76 bits per heavy atom. The summed E-state index contributed by atoms with van der Waals surface area (Å²) < 4.78 is 7.59. The van der Waals surface area contributed by atoms with Gasteiger partial charge < -0.3 is 4.42 Å². The van der Waals surface area contributed by atoms with Crippen molar-refractivity contribution in [2.45, 2.75) is 13.8 Å². The number of hydrogen-bond donors (Lipinski definition) is 1. The molecule has 0 saturated heterocycles. The number of pyridine rings is 1. The predicted molar refractivity (Wildman–Crippen MR) is 93.5 cm³/mol. The Labute approximate surface area is 142 Å². The van der Waals surface area contributed by atoms with Crippen LogP contribution in [0.25, 0.3) is 39.2 Å². The second-order valence-electron chi connectivity index (χ2n) is 5.91. The molecule has 0 bridgehead atoms. The molecule has 7 heteroatoms. The van der Waals surface area contributed by atoms with Crippen LogP contribution in [0.3, 0.4) is 0 Å². The topological polar surface area (TPSA) is 85.4 Å². The number of aromatic nitrogens is 6. The van der Waals surface area contributed by atoms with Gasteiger partial charge in [-0.15, -0.1) is 0 Å². The SMILES string of the molecule is Cc1nc2cc(-n3c(C)nc4ccc(-c5cn[nH]c5)nc43)ccc2o1. The first kappa shape index (κ1) is 13.9. The number of oxazole rings is 1. The maximum absolute atomic E-state index is 5.56. The highest BCUT2D eigenvalue weighted by Crippen LogP contribution is 2.26. The quantitative estimate of drug-likeness (QED) is 0.535. The van der Waals surface area contributed by atoms with Crippen LogP contribution in [0, 0.1) is 13.8 Å². The summed E-state index contributed by atoms with van der Waals surface area (Å²) in [6.07, 6.45) is 3.58. The molecule has 0 unspecified atom stereocenters. The van der Waals surface area contributed by atoms with Crippen LogP contribution in [0.5, 0.6) is 0 Å². The van der Waals surface area contributed by atoms with Crippen molar-refractivity contribution in [2.75, 3.05) is 0 Å². The zero-order valence-electron chi connectivity index (χ0n) is 13.7. The lowest BCUT2D eigenvalue weighted by Crippen LogP contribution is -1.98. The Kier molecular flexibility index (Phi) is 2.79. The van der Waals surface area contributed by atoms with Crippen molar-refractivity contribution in [1.82, 2.24) is 29.7 Å². The van der Waals surface area contributed by atoms with Crippen molar-refractivity contribution in [3.63, 3.8) is 0 Å². The Hall–Kier alpha value is -3.48. The third kappa shape index (κ3) is 2.13. The molecule has 5 rings (SSSR count). The summed E-state index contributed by atoms with van der Waals surface area (Å²) >= 11 is 0. The highest BCUT2D eigenvalue weighted by atomic mass is 16.3. The van der Waals surface area contributed by atoms with E-state index in [2.05, 4.69) is 20.2 Å². The van der Waals surface area contributed by atoms with Crippen molar-refractivity contribution < 1.29 is 4.42 Å². The number of aryl methyl sites for hydroxylation is 2. The van der Waals surface area contributed by atoms with E-state index in [4.69, 9.17) is 9.40 Å². The van der Waals surface area contributed by atoms with Crippen LogP contribution in [-0.2, 0) is 0 Å². The smallest absolute Gasteiger partial charge is 0.192 e. The molecule has 0 spiro atoms. The van der Waals surface area contributed by atoms with E-state index in [0.717, 1.165) is 45.0 Å². The van der Waals surface area contributed by atoms with Gasteiger partial charge in [-0.05, 0) is 37.3 Å². The molecule has 0 amide bonds. The zero-order valence-corrected chi connectivity index (χ0v) is 13.7. The van der Waals surface area contributed by atoms with Crippen molar-refractivity contribution in [3.05, 3.63) is 54.4 Å². The van der Waals surface area contributed by atoms with Gasteiger partial charge in [0.2, 0.25) is 0 Å². The maximum atomic E-state index is 5.56. The van der Waals surface area contributed by atoms with Crippen LogP contribution in [0.2, 0.25) is 0 Å². The first-order valence-corrected chi connectivity index (χ1v) is 7.92. The number of hydrogen-bond acceptors (Lipinski definition) is 5. The minimum atomic E-state index is 0.653. The number of fused-ring (bicyclic) bond motifs is 2. The summed E-state index contributed by atoms with van der Waals surface area (Å²) in [5.41, 5.74) is 5.99. The number of H-pyrrole nitrogens is 1. The number of nitrogens with one attached hydrogen (secondary N) is 1. The van der Waals surface area contributed by atoms with Gasteiger partial charge in [0.05, 0.1) is 17.6 Å². The molecule has 0 fully saturated rings. The van der Waals surface area contributed by atoms with Gasteiger partial charge in [0, 0.05) is 18.7 Å². The number of rotatable bonds is 2. The summed E-state index contributed by atoms with van der Waals surface area (Å²) in [6, 6.07) is 9.84. The lowest BCUT2D eigenvalue weighted by atomic mass is 10.2. The molecule has 4 aromatic heterocycles. The van der Waals surface area contributed by atoms with E-state index in [1.165, 1.54) is 0 Å². The molecular formula is C18H14N6O. The van der Waals surface area contributed by atoms with Crippen molar-refractivity contribution in [2.24, 2.45) is 0 Å². The van der Waals surface area contributed by atoms with Crippen molar-refractivity contribution in [1.29, 1.82) is 0 Å². The fourth-order valence-electron chi connectivity index (χ4n) is 3.10. The summed E-state index contributed by atoms with van der Waals surface area (Å²) in [4.78, 5) is 13.8.